The molecule has 3 N–H and O–H groups in total. The van der Waals surface area contributed by atoms with Gasteiger partial charge in [-0.1, -0.05) is 80.0 Å². The zero-order valence-corrected chi connectivity index (χ0v) is 21.3. The maximum absolute atomic E-state index is 12.1. The first-order valence-corrected chi connectivity index (χ1v) is 12.6. The predicted octanol–water partition coefficient (Wildman–Crippen LogP) is 3.72. The molecule has 1 heterocycles. The number of hydrogen-bond acceptors (Lipinski definition) is 5. The largest absolute Gasteiger partial charge is 0.445 e. The summed E-state index contributed by atoms with van der Waals surface area (Å²) in [4.78, 5) is 37.5. The second-order valence-electron chi connectivity index (χ2n) is 8.97. The van der Waals surface area contributed by atoms with Crippen LogP contribution in [0.4, 0.5) is 4.79 Å². The first kappa shape index (κ1) is 28.8. The molecule has 1 unspecified atom stereocenters. The molecule has 196 valence electrons. The Balaban J connectivity index is 0.000000297. The van der Waals surface area contributed by atoms with Gasteiger partial charge in [0.1, 0.15) is 12.6 Å². The normalized spacial score (nSPS) is 18.0. The fraction of sp³-hybridized carbons (Fsp3) is 0.464. The zero-order valence-electron chi connectivity index (χ0n) is 21.3. The van der Waals surface area contributed by atoms with E-state index in [-0.39, 0.29) is 6.09 Å². The molecule has 0 bridgehead atoms. The summed E-state index contributed by atoms with van der Waals surface area (Å²) in [6.07, 6.45) is 14.5. The lowest BCUT2D eigenvalue weighted by Gasteiger charge is -2.40. The molecule has 8 heteroatoms. The maximum atomic E-state index is 12.1. The maximum Gasteiger partial charge on any atom is 0.410 e. The zero-order chi connectivity index (χ0) is 26.2. The summed E-state index contributed by atoms with van der Waals surface area (Å²) in [6.45, 7) is 9.50. The standard InChI is InChI=1S/C19H30N2O2.C9H10N2O2/c1-3-8-17(2)9-7-16-23-19(22)21-14-12-20(13-15-21)18-10-5-4-6-11-18;10-9(13)8(11-6-12)7-4-2-1-3-5-7/h3,7-9,18H,1,4-6,10-16H2,2H3;1-6,8H,(H2,10,13)(H,11,12)/b9-7-,17-8-;. The lowest BCUT2D eigenvalue weighted by Crippen LogP contribution is -2.52. The van der Waals surface area contributed by atoms with Gasteiger partial charge in [-0.15, -0.1) is 0 Å². The van der Waals surface area contributed by atoms with Gasteiger partial charge >= 0.3 is 6.09 Å². The van der Waals surface area contributed by atoms with Crippen molar-refractivity contribution in [2.45, 2.75) is 51.1 Å². The number of allylic oxidation sites excluding steroid dienone is 4. The number of carbonyl (C=O) groups is 3. The monoisotopic (exact) mass is 496 g/mol. The minimum Gasteiger partial charge on any atom is -0.445 e. The molecule has 3 amide bonds. The molecule has 1 aliphatic heterocycles. The number of benzene rings is 1. The van der Waals surface area contributed by atoms with E-state index in [1.54, 1.807) is 30.3 Å². The Hall–Kier alpha value is -3.39. The van der Waals surface area contributed by atoms with Crippen LogP contribution in [0.1, 0.15) is 50.6 Å². The third kappa shape index (κ3) is 10.1. The number of ether oxygens (including phenoxy) is 1. The fourth-order valence-electron chi connectivity index (χ4n) is 4.46. The van der Waals surface area contributed by atoms with Gasteiger partial charge < -0.3 is 20.7 Å². The van der Waals surface area contributed by atoms with Crippen molar-refractivity contribution in [3.05, 3.63) is 72.4 Å². The van der Waals surface area contributed by atoms with Gasteiger partial charge in [-0.05, 0) is 31.4 Å². The number of nitrogens with zero attached hydrogens (tertiary/aromatic N) is 2. The van der Waals surface area contributed by atoms with E-state index >= 15 is 0 Å². The van der Waals surface area contributed by atoms with E-state index in [4.69, 9.17) is 10.5 Å². The Labute approximate surface area is 214 Å². The van der Waals surface area contributed by atoms with Crippen LogP contribution in [0.2, 0.25) is 0 Å². The molecule has 0 aromatic heterocycles. The molecule has 1 aromatic rings. The predicted molar refractivity (Wildman–Crippen MR) is 142 cm³/mol. The Bertz CT molecular complexity index is 886. The number of primary amides is 1. The Morgan fingerprint density at radius 1 is 1.14 bits per heavy atom. The minimum atomic E-state index is -0.737. The molecular weight excluding hydrogens is 456 g/mol. The number of nitrogens with two attached hydrogens (primary N) is 1. The van der Waals surface area contributed by atoms with Crippen LogP contribution in [0.3, 0.4) is 0 Å². The molecule has 0 radical (unpaired) electrons. The number of amides is 3. The van der Waals surface area contributed by atoms with Crippen molar-refractivity contribution in [2.24, 2.45) is 5.73 Å². The second kappa shape index (κ2) is 16.3. The first-order valence-electron chi connectivity index (χ1n) is 12.6. The van der Waals surface area contributed by atoms with E-state index in [1.165, 1.54) is 32.1 Å². The first-order chi connectivity index (χ1) is 17.5. The molecule has 1 aromatic carbocycles. The second-order valence-corrected chi connectivity index (χ2v) is 8.97. The van der Waals surface area contributed by atoms with E-state index in [1.807, 2.05) is 36.1 Å². The molecule has 2 aliphatic rings. The highest BCUT2D eigenvalue weighted by Gasteiger charge is 2.27. The average Bonchev–Trinajstić information content (AvgIpc) is 2.91. The summed E-state index contributed by atoms with van der Waals surface area (Å²) in [5.41, 5.74) is 6.87. The number of piperazine rings is 1. The number of nitrogens with one attached hydrogen (secondary N) is 1. The molecular formula is C28H40N4O4. The Morgan fingerprint density at radius 2 is 1.81 bits per heavy atom. The highest BCUT2D eigenvalue weighted by molar-refractivity contribution is 5.83. The van der Waals surface area contributed by atoms with E-state index in [0.29, 0.717) is 18.6 Å². The third-order valence-corrected chi connectivity index (χ3v) is 6.38. The Kier molecular flexibility index (Phi) is 13.1. The van der Waals surface area contributed by atoms with Gasteiger partial charge in [-0.25, -0.2) is 4.79 Å². The van der Waals surface area contributed by atoms with Crippen LogP contribution < -0.4 is 11.1 Å². The highest BCUT2D eigenvalue weighted by Crippen LogP contribution is 2.23. The van der Waals surface area contributed by atoms with Gasteiger partial charge in [-0.2, -0.15) is 0 Å². The van der Waals surface area contributed by atoms with Gasteiger partial charge in [-0.3, -0.25) is 14.5 Å². The summed E-state index contributed by atoms with van der Waals surface area (Å²) in [5.74, 6) is -0.571. The molecule has 36 heavy (non-hydrogen) atoms. The van der Waals surface area contributed by atoms with Crippen LogP contribution in [0.25, 0.3) is 0 Å². The van der Waals surface area contributed by atoms with Crippen LogP contribution in [0.15, 0.2) is 66.8 Å². The van der Waals surface area contributed by atoms with Gasteiger partial charge in [0.15, 0.2) is 0 Å². The number of hydrogen-bond donors (Lipinski definition) is 2. The van der Waals surface area contributed by atoms with Crippen LogP contribution in [-0.4, -0.2) is 67.0 Å². The molecule has 3 rings (SSSR count). The van der Waals surface area contributed by atoms with E-state index in [0.717, 1.165) is 37.8 Å². The highest BCUT2D eigenvalue weighted by atomic mass is 16.6. The number of rotatable bonds is 9. The average molecular weight is 497 g/mol. The topological polar surface area (TPSA) is 105 Å². The molecule has 0 spiro atoms. The summed E-state index contributed by atoms with van der Waals surface area (Å²) in [7, 11) is 0. The summed E-state index contributed by atoms with van der Waals surface area (Å²) in [6, 6.07) is 8.83. The summed E-state index contributed by atoms with van der Waals surface area (Å²) in [5, 5.41) is 2.34. The summed E-state index contributed by atoms with van der Waals surface area (Å²) < 4.78 is 5.32. The third-order valence-electron chi connectivity index (χ3n) is 6.38. The van der Waals surface area contributed by atoms with Gasteiger partial charge in [0.25, 0.3) is 0 Å². The minimum absolute atomic E-state index is 0.191. The van der Waals surface area contributed by atoms with Crippen molar-refractivity contribution < 1.29 is 19.1 Å². The van der Waals surface area contributed by atoms with Gasteiger partial charge in [0.05, 0.1) is 0 Å². The molecule has 1 saturated carbocycles. The smallest absolute Gasteiger partial charge is 0.410 e. The van der Waals surface area contributed by atoms with Crippen molar-refractivity contribution in [1.29, 1.82) is 0 Å². The van der Waals surface area contributed by atoms with Crippen LogP contribution in [0, 0.1) is 0 Å². The van der Waals surface area contributed by atoms with Crippen LogP contribution in [0.5, 0.6) is 0 Å². The van der Waals surface area contributed by atoms with E-state index in [9.17, 15) is 14.4 Å². The van der Waals surface area contributed by atoms with E-state index < -0.39 is 11.9 Å². The lowest BCUT2D eigenvalue weighted by atomic mass is 9.94. The van der Waals surface area contributed by atoms with Crippen molar-refractivity contribution >= 4 is 18.4 Å². The van der Waals surface area contributed by atoms with Crippen molar-refractivity contribution in [2.75, 3.05) is 32.8 Å². The SMILES string of the molecule is C=C/C=C(C)\C=C/COC(=O)N1CCN(C2CCCCC2)CC1.NC(=O)C(NC=O)c1ccccc1. The fourth-order valence-corrected chi connectivity index (χ4v) is 4.46. The van der Waals surface area contributed by atoms with Gasteiger partial charge in [0, 0.05) is 32.2 Å². The van der Waals surface area contributed by atoms with Crippen LogP contribution in [-0.2, 0) is 14.3 Å². The molecule has 1 atom stereocenters. The van der Waals surface area contributed by atoms with Crippen molar-refractivity contribution in [3.63, 3.8) is 0 Å². The van der Waals surface area contributed by atoms with Crippen molar-refractivity contribution in [3.8, 4) is 0 Å². The van der Waals surface area contributed by atoms with Gasteiger partial charge in [0.2, 0.25) is 12.3 Å². The molecule has 2 fully saturated rings. The lowest BCUT2D eigenvalue weighted by molar-refractivity contribution is -0.122. The van der Waals surface area contributed by atoms with Crippen molar-refractivity contribution in [1.82, 2.24) is 15.1 Å². The summed E-state index contributed by atoms with van der Waals surface area (Å²) >= 11 is 0. The Morgan fingerprint density at radius 3 is 2.39 bits per heavy atom. The van der Waals surface area contributed by atoms with Crippen LogP contribution >= 0.6 is 0 Å². The van der Waals surface area contributed by atoms with E-state index in [2.05, 4.69) is 16.8 Å². The quantitative estimate of drug-likeness (QED) is 0.400. The molecule has 1 saturated heterocycles. The molecule has 8 nitrogen and oxygen atoms in total. The molecule has 1 aliphatic carbocycles. The number of carbonyl (C=O) groups excluding carboxylic acids is 3.